The average molecular weight is 261 g/mol. The Morgan fingerprint density at radius 3 is 2.89 bits per heavy atom. The zero-order valence-corrected chi connectivity index (χ0v) is 9.65. The fraction of sp³-hybridized carbons (Fsp3) is 0.545. The number of aromatic nitrogens is 1. The van der Waals surface area contributed by atoms with E-state index in [2.05, 4.69) is 4.98 Å². The Morgan fingerprint density at radius 1 is 1.44 bits per heavy atom. The van der Waals surface area contributed by atoms with Gasteiger partial charge in [0, 0.05) is 13.1 Å². The summed E-state index contributed by atoms with van der Waals surface area (Å²) in [6, 6.07) is 3.74. The van der Waals surface area contributed by atoms with E-state index >= 15 is 0 Å². The molecule has 0 aromatic carbocycles. The van der Waals surface area contributed by atoms with Gasteiger partial charge in [0.2, 0.25) is 0 Å². The van der Waals surface area contributed by atoms with Crippen LogP contribution in [0.15, 0.2) is 18.2 Å². The smallest absolute Gasteiger partial charge is 0.377 e. The largest absolute Gasteiger partial charge is 0.433 e. The number of hydrogen-bond acceptors (Lipinski definition) is 4. The Bertz CT molecular complexity index is 411. The molecular formula is C11H14F3N3O. The quantitative estimate of drug-likeness (QED) is 0.871. The molecule has 0 radical (unpaired) electrons. The van der Waals surface area contributed by atoms with E-state index in [4.69, 9.17) is 10.5 Å². The van der Waals surface area contributed by atoms with Crippen LogP contribution < -0.4 is 10.6 Å². The predicted octanol–water partition coefficient (Wildman–Crippen LogP) is 1.26. The monoisotopic (exact) mass is 261 g/mol. The molecule has 2 rings (SSSR count). The molecule has 0 bridgehead atoms. The highest BCUT2D eigenvalue weighted by atomic mass is 19.4. The van der Waals surface area contributed by atoms with E-state index in [1.165, 1.54) is 6.07 Å². The minimum absolute atomic E-state index is 0.130. The number of halogens is 3. The van der Waals surface area contributed by atoms with Crippen LogP contribution in [0.25, 0.3) is 0 Å². The third-order valence-corrected chi connectivity index (χ3v) is 2.82. The van der Waals surface area contributed by atoms with Crippen molar-refractivity contribution in [3.05, 3.63) is 23.9 Å². The van der Waals surface area contributed by atoms with Crippen molar-refractivity contribution < 1.29 is 17.9 Å². The summed E-state index contributed by atoms with van der Waals surface area (Å²) in [5, 5.41) is 0. The van der Waals surface area contributed by atoms with Crippen LogP contribution in [-0.2, 0) is 10.9 Å². The lowest BCUT2D eigenvalue weighted by Crippen LogP contribution is -2.50. The van der Waals surface area contributed by atoms with Gasteiger partial charge in [0.05, 0.1) is 19.3 Å². The molecule has 1 fully saturated rings. The first-order valence-electron chi connectivity index (χ1n) is 5.61. The molecule has 7 heteroatoms. The maximum absolute atomic E-state index is 12.6. The lowest BCUT2D eigenvalue weighted by atomic mass is 10.2. The third kappa shape index (κ3) is 2.73. The Hall–Kier alpha value is -1.34. The third-order valence-electron chi connectivity index (χ3n) is 2.82. The first-order chi connectivity index (χ1) is 8.52. The van der Waals surface area contributed by atoms with E-state index in [-0.39, 0.29) is 6.04 Å². The molecule has 0 saturated carbocycles. The second-order valence-electron chi connectivity index (χ2n) is 4.04. The standard InChI is InChI=1S/C11H14F3N3O/c12-11(13,14)9-2-1-3-10(16-9)17-4-5-18-7-8(17)6-15/h1-3,8H,4-7,15H2. The predicted molar refractivity (Wildman–Crippen MR) is 60.2 cm³/mol. The minimum atomic E-state index is -4.43. The lowest BCUT2D eigenvalue weighted by Gasteiger charge is -2.35. The summed E-state index contributed by atoms with van der Waals surface area (Å²) in [4.78, 5) is 5.42. The van der Waals surface area contributed by atoms with Crippen molar-refractivity contribution in [1.82, 2.24) is 4.98 Å². The highest BCUT2D eigenvalue weighted by molar-refractivity contribution is 5.41. The summed E-state index contributed by atoms with van der Waals surface area (Å²) in [6.45, 7) is 1.69. The molecule has 2 N–H and O–H groups in total. The first kappa shape index (κ1) is 13.1. The van der Waals surface area contributed by atoms with Crippen molar-refractivity contribution in [2.75, 3.05) is 31.2 Å². The molecular weight excluding hydrogens is 247 g/mol. The van der Waals surface area contributed by atoms with Crippen molar-refractivity contribution in [1.29, 1.82) is 0 Å². The fourth-order valence-electron chi connectivity index (χ4n) is 1.89. The summed E-state index contributed by atoms with van der Waals surface area (Å²) < 4.78 is 43.0. The number of nitrogens with two attached hydrogens (primary N) is 1. The van der Waals surface area contributed by atoms with E-state index < -0.39 is 11.9 Å². The zero-order valence-electron chi connectivity index (χ0n) is 9.65. The second-order valence-corrected chi connectivity index (χ2v) is 4.04. The number of hydrogen-bond donors (Lipinski definition) is 1. The molecule has 1 atom stereocenters. The number of pyridine rings is 1. The molecule has 0 spiro atoms. The van der Waals surface area contributed by atoms with Gasteiger partial charge in [-0.05, 0) is 12.1 Å². The molecule has 1 saturated heterocycles. The fourth-order valence-corrected chi connectivity index (χ4v) is 1.89. The Kier molecular flexibility index (Phi) is 3.72. The summed E-state index contributed by atoms with van der Waals surface area (Å²) in [6.07, 6.45) is -4.43. The highest BCUT2D eigenvalue weighted by Crippen LogP contribution is 2.29. The van der Waals surface area contributed by atoms with E-state index in [0.29, 0.717) is 32.1 Å². The molecule has 4 nitrogen and oxygen atoms in total. The Balaban J connectivity index is 2.27. The van der Waals surface area contributed by atoms with Crippen molar-refractivity contribution in [2.24, 2.45) is 5.73 Å². The van der Waals surface area contributed by atoms with Gasteiger partial charge in [-0.25, -0.2) is 4.98 Å². The molecule has 1 aliphatic heterocycles. The van der Waals surface area contributed by atoms with Gasteiger partial charge in [0.25, 0.3) is 0 Å². The van der Waals surface area contributed by atoms with E-state index in [1.54, 1.807) is 11.0 Å². The lowest BCUT2D eigenvalue weighted by molar-refractivity contribution is -0.141. The van der Waals surface area contributed by atoms with Gasteiger partial charge < -0.3 is 15.4 Å². The average Bonchev–Trinajstić information content (AvgIpc) is 2.38. The van der Waals surface area contributed by atoms with Gasteiger partial charge in [0.1, 0.15) is 11.5 Å². The normalized spacial score (nSPS) is 21.1. The molecule has 100 valence electrons. The minimum Gasteiger partial charge on any atom is -0.377 e. The van der Waals surface area contributed by atoms with E-state index in [1.807, 2.05) is 0 Å². The van der Waals surface area contributed by atoms with Gasteiger partial charge in [-0.15, -0.1) is 0 Å². The summed E-state index contributed by atoms with van der Waals surface area (Å²) in [5.41, 5.74) is 4.70. The van der Waals surface area contributed by atoms with Crippen LogP contribution in [-0.4, -0.2) is 37.3 Å². The van der Waals surface area contributed by atoms with Crippen molar-refractivity contribution in [3.63, 3.8) is 0 Å². The zero-order chi connectivity index (χ0) is 13.2. The maximum atomic E-state index is 12.6. The number of nitrogens with zero attached hydrogens (tertiary/aromatic N) is 2. The van der Waals surface area contributed by atoms with Crippen LogP contribution in [0.2, 0.25) is 0 Å². The summed E-state index contributed by atoms with van der Waals surface area (Å²) in [5.74, 6) is 0.295. The number of ether oxygens (including phenoxy) is 1. The highest BCUT2D eigenvalue weighted by Gasteiger charge is 2.33. The van der Waals surface area contributed by atoms with E-state index in [9.17, 15) is 13.2 Å². The molecule has 1 unspecified atom stereocenters. The number of anilines is 1. The summed E-state index contributed by atoms with van der Waals surface area (Å²) in [7, 11) is 0. The van der Waals surface area contributed by atoms with Gasteiger partial charge >= 0.3 is 6.18 Å². The number of alkyl halides is 3. The van der Waals surface area contributed by atoms with Gasteiger partial charge in [-0.1, -0.05) is 6.07 Å². The van der Waals surface area contributed by atoms with Crippen LogP contribution in [0.3, 0.4) is 0 Å². The Morgan fingerprint density at radius 2 is 2.22 bits per heavy atom. The molecule has 18 heavy (non-hydrogen) atoms. The van der Waals surface area contributed by atoms with Gasteiger partial charge in [-0.3, -0.25) is 0 Å². The molecule has 2 heterocycles. The van der Waals surface area contributed by atoms with E-state index in [0.717, 1.165) is 6.07 Å². The first-order valence-corrected chi connectivity index (χ1v) is 5.61. The maximum Gasteiger partial charge on any atom is 0.433 e. The Labute approximate surface area is 103 Å². The SMILES string of the molecule is NCC1COCCN1c1cccc(C(F)(F)F)n1. The molecule has 1 aromatic heterocycles. The van der Waals surface area contributed by atoms with Crippen molar-refractivity contribution in [3.8, 4) is 0 Å². The topological polar surface area (TPSA) is 51.4 Å². The summed E-state index contributed by atoms with van der Waals surface area (Å²) >= 11 is 0. The van der Waals surface area contributed by atoms with Crippen molar-refractivity contribution in [2.45, 2.75) is 12.2 Å². The van der Waals surface area contributed by atoms with Crippen LogP contribution in [0, 0.1) is 0 Å². The van der Waals surface area contributed by atoms with Crippen molar-refractivity contribution >= 4 is 5.82 Å². The van der Waals surface area contributed by atoms with Gasteiger partial charge in [-0.2, -0.15) is 13.2 Å². The molecule has 0 amide bonds. The van der Waals surface area contributed by atoms with Crippen LogP contribution in [0.4, 0.5) is 19.0 Å². The molecule has 1 aliphatic rings. The van der Waals surface area contributed by atoms with Gasteiger partial charge in [0.15, 0.2) is 0 Å². The molecule has 1 aromatic rings. The number of rotatable bonds is 2. The van der Waals surface area contributed by atoms with Crippen LogP contribution in [0.5, 0.6) is 0 Å². The second kappa shape index (κ2) is 5.11. The number of morpholine rings is 1. The molecule has 0 aliphatic carbocycles. The van der Waals surface area contributed by atoms with Crippen LogP contribution >= 0.6 is 0 Å². The van der Waals surface area contributed by atoms with Crippen LogP contribution in [0.1, 0.15) is 5.69 Å².